The van der Waals surface area contributed by atoms with Crippen molar-refractivity contribution in [1.82, 2.24) is 9.78 Å². The van der Waals surface area contributed by atoms with Gasteiger partial charge in [-0.05, 0) is 19.3 Å². The molecule has 1 spiro atoms. The molecular weight excluding hydrogens is 242 g/mol. The van der Waals surface area contributed by atoms with Crippen molar-refractivity contribution in [2.75, 3.05) is 18.5 Å². The van der Waals surface area contributed by atoms with E-state index in [1.54, 1.807) is 0 Å². The molecule has 19 heavy (non-hydrogen) atoms. The maximum Gasteiger partial charge on any atom is 0.168 e. The Bertz CT molecular complexity index is 428. The van der Waals surface area contributed by atoms with Crippen LogP contribution in [0.2, 0.25) is 0 Å². The monoisotopic (exact) mass is 265 g/mol. The van der Waals surface area contributed by atoms with Crippen LogP contribution in [-0.4, -0.2) is 34.8 Å². The van der Waals surface area contributed by atoms with Gasteiger partial charge in [0.2, 0.25) is 0 Å². The number of nitrogens with zero attached hydrogens (tertiary/aromatic N) is 2. The normalized spacial score (nSPS) is 23.1. The van der Waals surface area contributed by atoms with Gasteiger partial charge in [-0.2, -0.15) is 5.10 Å². The molecule has 0 bridgehead atoms. The van der Waals surface area contributed by atoms with Crippen LogP contribution in [0.15, 0.2) is 6.20 Å². The van der Waals surface area contributed by atoms with E-state index in [1.807, 2.05) is 11.7 Å². The Morgan fingerprint density at radius 1 is 1.37 bits per heavy atom. The Kier molecular flexibility index (Phi) is 3.50. The van der Waals surface area contributed by atoms with Gasteiger partial charge in [-0.15, -0.1) is 0 Å². The zero-order valence-electron chi connectivity index (χ0n) is 11.8. The van der Waals surface area contributed by atoms with Crippen LogP contribution >= 0.6 is 0 Å². The van der Waals surface area contributed by atoms with Crippen molar-refractivity contribution in [2.24, 2.45) is 7.05 Å². The first-order valence-corrected chi connectivity index (χ1v) is 7.28. The predicted molar refractivity (Wildman–Crippen MR) is 73.1 cm³/mol. The maximum atomic E-state index is 5.76. The predicted octanol–water partition coefficient (Wildman–Crippen LogP) is 2.08. The summed E-state index contributed by atoms with van der Waals surface area (Å²) in [7, 11) is 1.97. The molecule has 1 N–H and O–H groups in total. The molecule has 106 valence electrons. The Morgan fingerprint density at radius 3 is 2.68 bits per heavy atom. The smallest absolute Gasteiger partial charge is 0.168 e. The van der Waals surface area contributed by atoms with Crippen molar-refractivity contribution in [2.45, 2.75) is 50.9 Å². The Hall–Kier alpha value is -1.07. The van der Waals surface area contributed by atoms with Gasteiger partial charge in [-0.3, -0.25) is 4.68 Å². The lowest BCUT2D eigenvalue weighted by Gasteiger charge is -2.35. The van der Waals surface area contributed by atoms with E-state index in [9.17, 15) is 0 Å². The first-order chi connectivity index (χ1) is 9.21. The highest BCUT2D eigenvalue weighted by Gasteiger charge is 2.40. The lowest BCUT2D eigenvalue weighted by Crippen LogP contribution is -2.39. The highest BCUT2D eigenvalue weighted by atomic mass is 16.7. The number of nitrogens with one attached hydrogen (secondary N) is 1. The molecule has 5 nitrogen and oxygen atoms in total. The number of ether oxygens (including phenoxy) is 2. The second-order valence-electron chi connectivity index (χ2n) is 5.54. The number of hydrogen-bond donors (Lipinski definition) is 1. The summed E-state index contributed by atoms with van der Waals surface area (Å²) in [4.78, 5) is 0. The minimum Gasteiger partial charge on any atom is -0.380 e. The summed E-state index contributed by atoms with van der Waals surface area (Å²) in [5, 5.41) is 8.10. The van der Waals surface area contributed by atoms with Crippen LogP contribution < -0.4 is 5.32 Å². The van der Waals surface area contributed by atoms with Crippen LogP contribution in [-0.2, 0) is 22.9 Å². The molecule has 0 atom stereocenters. The fourth-order valence-electron chi connectivity index (χ4n) is 3.12. The van der Waals surface area contributed by atoms with E-state index in [2.05, 4.69) is 23.5 Å². The van der Waals surface area contributed by atoms with Gasteiger partial charge in [-0.25, -0.2) is 0 Å². The first-order valence-electron chi connectivity index (χ1n) is 7.28. The Balaban J connectivity index is 1.59. The third-order valence-corrected chi connectivity index (χ3v) is 4.16. The van der Waals surface area contributed by atoms with E-state index >= 15 is 0 Å². The number of hydrogen-bond acceptors (Lipinski definition) is 4. The second-order valence-corrected chi connectivity index (χ2v) is 5.54. The molecule has 0 radical (unpaired) electrons. The molecule has 1 aliphatic heterocycles. The van der Waals surface area contributed by atoms with E-state index in [0.717, 1.165) is 51.0 Å². The molecule has 1 aromatic heterocycles. The van der Waals surface area contributed by atoms with Gasteiger partial charge in [0.25, 0.3) is 0 Å². The summed E-state index contributed by atoms with van der Waals surface area (Å²) in [5.74, 6) is -0.263. The van der Waals surface area contributed by atoms with Crippen molar-refractivity contribution < 1.29 is 9.47 Å². The van der Waals surface area contributed by atoms with Crippen molar-refractivity contribution in [1.29, 1.82) is 0 Å². The molecule has 3 rings (SSSR count). The van der Waals surface area contributed by atoms with E-state index in [4.69, 9.17) is 9.47 Å². The minimum absolute atomic E-state index is 0.263. The van der Waals surface area contributed by atoms with Crippen LogP contribution in [0.25, 0.3) is 0 Å². The molecule has 2 aliphatic rings. The lowest BCUT2D eigenvalue weighted by molar-refractivity contribution is -0.177. The summed E-state index contributed by atoms with van der Waals surface area (Å²) >= 11 is 0. The van der Waals surface area contributed by atoms with Crippen molar-refractivity contribution in [3.8, 4) is 0 Å². The molecule has 0 unspecified atom stereocenters. The molecule has 2 fully saturated rings. The number of rotatable bonds is 3. The van der Waals surface area contributed by atoms with Crippen molar-refractivity contribution in [3.63, 3.8) is 0 Å². The van der Waals surface area contributed by atoms with E-state index < -0.39 is 0 Å². The van der Waals surface area contributed by atoms with Crippen LogP contribution in [0.5, 0.6) is 0 Å². The fourth-order valence-corrected chi connectivity index (χ4v) is 3.12. The largest absolute Gasteiger partial charge is 0.380 e. The highest BCUT2D eigenvalue weighted by Crippen LogP contribution is 2.36. The average molecular weight is 265 g/mol. The molecule has 1 aliphatic carbocycles. The minimum atomic E-state index is -0.263. The zero-order valence-corrected chi connectivity index (χ0v) is 11.8. The molecule has 0 amide bonds. The van der Waals surface area contributed by atoms with Gasteiger partial charge in [-0.1, -0.05) is 6.92 Å². The molecule has 2 heterocycles. The van der Waals surface area contributed by atoms with Gasteiger partial charge in [0.1, 0.15) is 0 Å². The number of aryl methyl sites for hydroxylation is 2. The Labute approximate surface area is 114 Å². The third-order valence-electron chi connectivity index (χ3n) is 4.16. The number of anilines is 1. The lowest BCUT2D eigenvalue weighted by atomic mass is 9.90. The third kappa shape index (κ3) is 2.62. The van der Waals surface area contributed by atoms with E-state index in [-0.39, 0.29) is 5.79 Å². The topological polar surface area (TPSA) is 48.3 Å². The van der Waals surface area contributed by atoms with E-state index in [1.165, 1.54) is 5.69 Å². The molecule has 5 heteroatoms. The first kappa shape index (κ1) is 12.9. The zero-order chi connectivity index (χ0) is 13.3. The van der Waals surface area contributed by atoms with Crippen LogP contribution in [0.1, 0.15) is 38.3 Å². The summed E-state index contributed by atoms with van der Waals surface area (Å²) in [6, 6.07) is 0.507. The van der Waals surface area contributed by atoms with Gasteiger partial charge < -0.3 is 14.8 Å². The molecule has 1 saturated heterocycles. The molecule has 1 saturated carbocycles. The molecule has 0 aromatic carbocycles. The van der Waals surface area contributed by atoms with Gasteiger partial charge >= 0.3 is 0 Å². The average Bonchev–Trinajstić information content (AvgIpc) is 3.00. The summed E-state index contributed by atoms with van der Waals surface area (Å²) in [6.45, 7) is 3.64. The highest BCUT2D eigenvalue weighted by molar-refractivity contribution is 5.47. The van der Waals surface area contributed by atoms with E-state index in [0.29, 0.717) is 6.04 Å². The van der Waals surface area contributed by atoms with Crippen LogP contribution in [0, 0.1) is 0 Å². The maximum absolute atomic E-state index is 5.76. The summed E-state index contributed by atoms with van der Waals surface area (Å²) in [5.41, 5.74) is 2.33. The van der Waals surface area contributed by atoms with Crippen LogP contribution in [0.4, 0.5) is 5.69 Å². The van der Waals surface area contributed by atoms with Gasteiger partial charge in [0, 0.05) is 32.1 Å². The second kappa shape index (κ2) is 5.13. The van der Waals surface area contributed by atoms with Crippen LogP contribution in [0.3, 0.4) is 0 Å². The SMILES string of the molecule is CCc1nn(C)cc1NC1CCC2(CC1)OCCO2. The van der Waals surface area contributed by atoms with Gasteiger partial charge in [0.15, 0.2) is 5.79 Å². The molecule has 1 aromatic rings. The summed E-state index contributed by atoms with van der Waals surface area (Å²) < 4.78 is 13.4. The Morgan fingerprint density at radius 2 is 2.05 bits per heavy atom. The molecular formula is C14H23N3O2. The van der Waals surface area contributed by atoms with Gasteiger partial charge in [0.05, 0.1) is 24.6 Å². The fraction of sp³-hybridized carbons (Fsp3) is 0.786. The standard InChI is InChI=1S/C14H23N3O2/c1-3-12-13(10-17(2)16-12)15-11-4-6-14(7-5-11)18-8-9-19-14/h10-11,15H,3-9H2,1-2H3. The van der Waals surface area contributed by atoms with Crippen molar-refractivity contribution in [3.05, 3.63) is 11.9 Å². The quantitative estimate of drug-likeness (QED) is 0.909. The summed E-state index contributed by atoms with van der Waals surface area (Å²) in [6.07, 6.45) is 7.21. The number of aromatic nitrogens is 2. The van der Waals surface area contributed by atoms with Crippen molar-refractivity contribution >= 4 is 5.69 Å².